The molecule has 0 aromatic carbocycles. The molecule has 0 spiro atoms. The molecule has 2 saturated heterocycles. The fourth-order valence-electron chi connectivity index (χ4n) is 3.68. The highest BCUT2D eigenvalue weighted by atomic mass is 32.2. The number of nitrogens with zero attached hydrogens (tertiary/aromatic N) is 2. The van der Waals surface area contributed by atoms with Gasteiger partial charge in [-0.05, 0) is 43.2 Å². The summed E-state index contributed by atoms with van der Waals surface area (Å²) in [6, 6.07) is 1.48. The molecule has 2 unspecified atom stereocenters. The molecular weight excluding hydrogens is 360 g/mol. The van der Waals surface area contributed by atoms with Crippen LogP contribution in [0.1, 0.15) is 50.1 Å². The van der Waals surface area contributed by atoms with Crippen LogP contribution in [0.15, 0.2) is 21.6 Å². The lowest BCUT2D eigenvalue weighted by molar-refractivity contribution is -0.133. The molecule has 3 rings (SSSR count). The zero-order valence-electron chi connectivity index (χ0n) is 15.0. The van der Waals surface area contributed by atoms with Gasteiger partial charge in [-0.1, -0.05) is 13.8 Å². The molecule has 3 heterocycles. The standard InChI is InChI=1S/C17H24N2O6S/c1-3-17(2)8-10-18(11-17)15(20)12-5-4-9-19(12)26(23,24)14-7-6-13(25-14)16(21)22/h6-7,12H,3-5,8-11H2,1-2H3,(H,21,22). The minimum absolute atomic E-state index is 0.0787. The summed E-state index contributed by atoms with van der Waals surface area (Å²) in [4.78, 5) is 25.6. The quantitative estimate of drug-likeness (QED) is 0.829. The number of furan rings is 1. The van der Waals surface area contributed by atoms with E-state index in [0.717, 1.165) is 29.3 Å². The van der Waals surface area contributed by atoms with Crippen LogP contribution in [-0.2, 0) is 14.8 Å². The fourth-order valence-corrected chi connectivity index (χ4v) is 5.24. The highest BCUT2D eigenvalue weighted by molar-refractivity contribution is 7.89. The van der Waals surface area contributed by atoms with Crippen LogP contribution < -0.4 is 0 Å². The molecule has 0 aliphatic carbocycles. The van der Waals surface area contributed by atoms with Crippen molar-refractivity contribution >= 4 is 21.9 Å². The van der Waals surface area contributed by atoms with E-state index in [9.17, 15) is 18.0 Å². The molecule has 2 aliphatic rings. The van der Waals surface area contributed by atoms with Crippen LogP contribution in [0.2, 0.25) is 0 Å². The van der Waals surface area contributed by atoms with Gasteiger partial charge in [0.25, 0.3) is 10.0 Å². The van der Waals surface area contributed by atoms with E-state index in [-0.39, 0.29) is 17.9 Å². The Hall–Kier alpha value is -1.87. The summed E-state index contributed by atoms with van der Waals surface area (Å²) >= 11 is 0. The number of likely N-dealkylation sites (tertiary alicyclic amines) is 1. The first-order chi connectivity index (χ1) is 12.2. The maximum atomic E-state index is 12.9. The minimum atomic E-state index is -4.05. The van der Waals surface area contributed by atoms with Gasteiger partial charge in [0.2, 0.25) is 16.8 Å². The summed E-state index contributed by atoms with van der Waals surface area (Å²) in [5.74, 6) is -1.95. The van der Waals surface area contributed by atoms with Crippen LogP contribution in [-0.4, -0.2) is 60.3 Å². The lowest BCUT2D eigenvalue weighted by Gasteiger charge is -2.28. The number of sulfonamides is 1. The second-order valence-corrected chi connectivity index (χ2v) is 9.19. The molecule has 2 fully saturated rings. The van der Waals surface area contributed by atoms with Crippen molar-refractivity contribution in [2.45, 2.75) is 50.7 Å². The molecular formula is C17H24N2O6S. The molecule has 2 aliphatic heterocycles. The van der Waals surface area contributed by atoms with E-state index in [2.05, 4.69) is 13.8 Å². The predicted octanol–water partition coefficient (Wildman–Crippen LogP) is 1.78. The van der Waals surface area contributed by atoms with Crippen LogP contribution >= 0.6 is 0 Å². The van der Waals surface area contributed by atoms with Gasteiger partial charge < -0.3 is 14.4 Å². The van der Waals surface area contributed by atoms with E-state index < -0.39 is 32.9 Å². The number of hydrogen-bond acceptors (Lipinski definition) is 5. The van der Waals surface area contributed by atoms with Gasteiger partial charge in [0.1, 0.15) is 6.04 Å². The molecule has 0 bridgehead atoms. The number of hydrogen-bond donors (Lipinski definition) is 1. The summed E-state index contributed by atoms with van der Waals surface area (Å²) in [5.41, 5.74) is 0.0787. The monoisotopic (exact) mass is 384 g/mol. The van der Waals surface area contributed by atoms with Crippen molar-refractivity contribution in [1.29, 1.82) is 0 Å². The van der Waals surface area contributed by atoms with Gasteiger partial charge in [0.15, 0.2) is 0 Å². The molecule has 1 amide bonds. The number of carbonyl (C=O) groups is 2. The van der Waals surface area contributed by atoms with Crippen molar-refractivity contribution in [3.05, 3.63) is 17.9 Å². The molecule has 1 N–H and O–H groups in total. The highest BCUT2D eigenvalue weighted by Crippen LogP contribution is 2.35. The molecule has 2 atom stereocenters. The number of carboxylic acid groups (broad SMARTS) is 1. The van der Waals surface area contributed by atoms with E-state index >= 15 is 0 Å². The molecule has 1 aromatic rings. The minimum Gasteiger partial charge on any atom is -0.475 e. The molecule has 9 heteroatoms. The van der Waals surface area contributed by atoms with Crippen molar-refractivity contribution in [3.8, 4) is 0 Å². The van der Waals surface area contributed by atoms with E-state index in [1.165, 1.54) is 0 Å². The number of carboxylic acids is 1. The Morgan fingerprint density at radius 3 is 2.65 bits per heavy atom. The third-order valence-electron chi connectivity index (χ3n) is 5.57. The lowest BCUT2D eigenvalue weighted by Crippen LogP contribution is -2.47. The Balaban J connectivity index is 1.81. The van der Waals surface area contributed by atoms with Crippen LogP contribution in [0.4, 0.5) is 0 Å². The maximum Gasteiger partial charge on any atom is 0.371 e. The van der Waals surface area contributed by atoms with Gasteiger partial charge in [-0.25, -0.2) is 13.2 Å². The first kappa shape index (κ1) is 18.9. The molecule has 26 heavy (non-hydrogen) atoms. The summed E-state index contributed by atoms with van der Waals surface area (Å²) < 4.78 is 31.8. The fraction of sp³-hybridized carbons (Fsp3) is 0.647. The maximum absolute atomic E-state index is 12.9. The number of aromatic carboxylic acids is 1. The molecule has 0 radical (unpaired) electrons. The zero-order chi connectivity index (χ0) is 19.1. The third-order valence-corrected chi connectivity index (χ3v) is 7.35. The predicted molar refractivity (Wildman–Crippen MR) is 92.2 cm³/mol. The van der Waals surface area contributed by atoms with Gasteiger partial charge in [-0.2, -0.15) is 4.31 Å². The van der Waals surface area contributed by atoms with E-state index in [1.807, 2.05) is 0 Å². The zero-order valence-corrected chi connectivity index (χ0v) is 15.8. The summed E-state index contributed by atoms with van der Waals surface area (Å²) in [7, 11) is -4.05. The third kappa shape index (κ3) is 3.25. The van der Waals surface area contributed by atoms with Crippen molar-refractivity contribution in [2.75, 3.05) is 19.6 Å². The lowest BCUT2D eigenvalue weighted by atomic mass is 9.87. The van der Waals surface area contributed by atoms with E-state index in [4.69, 9.17) is 9.52 Å². The van der Waals surface area contributed by atoms with Crippen molar-refractivity contribution in [2.24, 2.45) is 5.41 Å². The summed E-state index contributed by atoms with van der Waals surface area (Å²) in [6.07, 6.45) is 2.92. The molecule has 0 saturated carbocycles. The Morgan fingerprint density at radius 1 is 1.35 bits per heavy atom. The number of rotatable bonds is 5. The van der Waals surface area contributed by atoms with Crippen LogP contribution in [0.5, 0.6) is 0 Å². The summed E-state index contributed by atoms with van der Waals surface area (Å²) in [6.45, 7) is 5.73. The van der Waals surface area contributed by atoms with Crippen LogP contribution in [0.3, 0.4) is 0 Å². The second-order valence-electron chi connectivity index (χ2n) is 7.37. The van der Waals surface area contributed by atoms with E-state index in [1.54, 1.807) is 4.90 Å². The average Bonchev–Trinajstić information content (AvgIpc) is 3.33. The van der Waals surface area contributed by atoms with Gasteiger partial charge in [-0.15, -0.1) is 0 Å². The van der Waals surface area contributed by atoms with Crippen molar-refractivity contribution in [3.63, 3.8) is 0 Å². The van der Waals surface area contributed by atoms with Crippen LogP contribution in [0, 0.1) is 5.41 Å². The first-order valence-corrected chi connectivity index (χ1v) is 10.3. The van der Waals surface area contributed by atoms with Crippen molar-refractivity contribution < 1.29 is 27.5 Å². The van der Waals surface area contributed by atoms with Gasteiger partial charge in [-0.3, -0.25) is 4.79 Å². The largest absolute Gasteiger partial charge is 0.475 e. The summed E-state index contributed by atoms with van der Waals surface area (Å²) in [5, 5.41) is 8.49. The highest BCUT2D eigenvalue weighted by Gasteiger charge is 2.45. The smallest absolute Gasteiger partial charge is 0.371 e. The average molecular weight is 384 g/mol. The molecule has 1 aromatic heterocycles. The van der Waals surface area contributed by atoms with Gasteiger partial charge in [0, 0.05) is 19.6 Å². The van der Waals surface area contributed by atoms with E-state index in [0.29, 0.717) is 25.9 Å². The van der Waals surface area contributed by atoms with Crippen molar-refractivity contribution in [1.82, 2.24) is 9.21 Å². The first-order valence-electron chi connectivity index (χ1n) is 8.82. The molecule has 8 nitrogen and oxygen atoms in total. The Labute approximate surface area is 152 Å². The van der Waals surface area contributed by atoms with Gasteiger partial charge >= 0.3 is 5.97 Å². The van der Waals surface area contributed by atoms with Gasteiger partial charge in [0.05, 0.1) is 0 Å². The number of carbonyl (C=O) groups excluding carboxylic acids is 1. The Kier molecular flexibility index (Phi) is 4.87. The van der Waals surface area contributed by atoms with Crippen LogP contribution in [0.25, 0.3) is 0 Å². The molecule has 144 valence electrons. The second kappa shape index (κ2) is 6.70. The Morgan fingerprint density at radius 2 is 2.08 bits per heavy atom. The normalized spacial score (nSPS) is 27.2. The number of amides is 1. The topological polar surface area (TPSA) is 108 Å². The Bertz CT molecular complexity index is 817. The SMILES string of the molecule is CCC1(C)CCN(C(=O)C2CCCN2S(=O)(=O)c2ccc(C(=O)O)o2)C1.